The number of anilines is 3. The van der Waals surface area contributed by atoms with Crippen molar-refractivity contribution in [3.8, 4) is 0 Å². The van der Waals surface area contributed by atoms with Crippen molar-refractivity contribution < 1.29 is 9.59 Å². The molecule has 0 bridgehead atoms. The molecule has 6 nitrogen and oxygen atoms in total. The van der Waals surface area contributed by atoms with E-state index in [1.54, 1.807) is 23.2 Å². The van der Waals surface area contributed by atoms with Gasteiger partial charge in [-0.1, -0.05) is 0 Å². The molecule has 2 amide bonds. The number of aryl methyl sites for hydroxylation is 2. The van der Waals surface area contributed by atoms with E-state index in [4.69, 9.17) is 0 Å². The highest BCUT2D eigenvalue weighted by Gasteiger charge is 2.30. The number of carbonyl (C=O) groups is 2. The zero-order valence-electron chi connectivity index (χ0n) is 14.3. The van der Waals surface area contributed by atoms with Crippen molar-refractivity contribution >= 4 is 29.0 Å². The molecule has 1 aliphatic heterocycles. The molecule has 1 aromatic heterocycles. The number of pyridine rings is 1. The zero-order chi connectivity index (χ0) is 17.4. The van der Waals surface area contributed by atoms with Gasteiger partial charge in [0.15, 0.2) is 5.82 Å². The fourth-order valence-electron chi connectivity index (χ4n) is 2.74. The smallest absolute Gasteiger partial charge is 0.259 e. The molecule has 0 spiro atoms. The van der Waals surface area contributed by atoms with E-state index in [9.17, 15) is 9.59 Å². The summed E-state index contributed by atoms with van der Waals surface area (Å²) in [5, 5.41) is 2.90. The van der Waals surface area contributed by atoms with E-state index in [0.29, 0.717) is 22.8 Å². The van der Waals surface area contributed by atoms with Crippen molar-refractivity contribution in [3.05, 3.63) is 47.2 Å². The third-order valence-corrected chi connectivity index (χ3v) is 4.05. The molecule has 0 fully saturated rings. The molecule has 6 heteroatoms. The van der Waals surface area contributed by atoms with Gasteiger partial charge in [0, 0.05) is 6.20 Å². The number of hydrogen-bond donors (Lipinski definition) is 1. The van der Waals surface area contributed by atoms with Crippen molar-refractivity contribution in [1.29, 1.82) is 0 Å². The van der Waals surface area contributed by atoms with Gasteiger partial charge in [0.25, 0.3) is 5.91 Å². The highest BCUT2D eigenvalue weighted by Crippen LogP contribution is 2.38. The zero-order valence-corrected chi connectivity index (χ0v) is 14.3. The van der Waals surface area contributed by atoms with Crippen LogP contribution in [0, 0.1) is 13.8 Å². The summed E-state index contributed by atoms with van der Waals surface area (Å²) in [5.74, 6) is -0.0347. The first-order valence-electron chi connectivity index (χ1n) is 7.74. The number of carbonyl (C=O) groups excluding carboxylic acids is 2. The van der Waals surface area contributed by atoms with Crippen LogP contribution in [0.1, 0.15) is 21.5 Å². The minimum atomic E-state index is -0.261. The van der Waals surface area contributed by atoms with Gasteiger partial charge in [0.2, 0.25) is 5.91 Å². The fourth-order valence-corrected chi connectivity index (χ4v) is 2.74. The van der Waals surface area contributed by atoms with Gasteiger partial charge < -0.3 is 10.2 Å². The second kappa shape index (κ2) is 6.05. The Balaban J connectivity index is 2.25. The number of likely N-dealkylation sites (N-methyl/N-ethyl adjacent to an activating group) is 1. The SMILES string of the molecule is Cc1cc2c(cc1C)N(C(=O)CN(C)C)c1ncccc1C(=O)N2. The van der Waals surface area contributed by atoms with Crippen molar-refractivity contribution in [2.24, 2.45) is 0 Å². The van der Waals surface area contributed by atoms with Gasteiger partial charge in [-0.15, -0.1) is 0 Å². The van der Waals surface area contributed by atoms with Gasteiger partial charge in [-0.05, 0) is 63.3 Å². The highest BCUT2D eigenvalue weighted by atomic mass is 16.2. The largest absolute Gasteiger partial charge is 0.320 e. The van der Waals surface area contributed by atoms with Gasteiger partial charge >= 0.3 is 0 Å². The minimum Gasteiger partial charge on any atom is -0.320 e. The average molecular weight is 324 g/mol. The van der Waals surface area contributed by atoms with Gasteiger partial charge in [0.1, 0.15) is 0 Å². The monoisotopic (exact) mass is 324 g/mol. The number of aromatic nitrogens is 1. The standard InChI is InChI=1S/C18H20N4O2/c1-11-8-14-15(9-12(11)2)22(16(23)10-21(3)4)17-13(18(24)20-14)6-5-7-19-17/h5-9H,10H2,1-4H3,(H,20,24). The summed E-state index contributed by atoms with van der Waals surface area (Å²) in [7, 11) is 3.67. The van der Waals surface area contributed by atoms with Crippen LogP contribution in [0.5, 0.6) is 0 Å². The first kappa shape index (κ1) is 16.1. The summed E-state index contributed by atoms with van der Waals surface area (Å²) < 4.78 is 0. The number of nitrogens with zero attached hydrogens (tertiary/aromatic N) is 3. The van der Waals surface area contributed by atoms with Crippen molar-refractivity contribution in [3.63, 3.8) is 0 Å². The molecular weight excluding hydrogens is 304 g/mol. The van der Waals surface area contributed by atoms with Crippen molar-refractivity contribution in [2.75, 3.05) is 30.9 Å². The Morgan fingerprint density at radius 2 is 1.96 bits per heavy atom. The molecule has 24 heavy (non-hydrogen) atoms. The normalized spacial score (nSPS) is 13.2. The second-order valence-corrected chi connectivity index (χ2v) is 6.25. The number of fused-ring (bicyclic) bond motifs is 2. The molecule has 0 radical (unpaired) electrons. The van der Waals surface area contributed by atoms with E-state index >= 15 is 0 Å². The van der Waals surface area contributed by atoms with Crippen LogP contribution in [0.4, 0.5) is 17.2 Å². The second-order valence-electron chi connectivity index (χ2n) is 6.25. The fraction of sp³-hybridized carbons (Fsp3) is 0.278. The lowest BCUT2D eigenvalue weighted by Crippen LogP contribution is -2.35. The maximum absolute atomic E-state index is 12.9. The Kier molecular flexibility index (Phi) is 4.07. The number of rotatable bonds is 2. The average Bonchev–Trinajstić information content (AvgIpc) is 2.62. The lowest BCUT2D eigenvalue weighted by atomic mass is 10.1. The van der Waals surface area contributed by atoms with Crippen molar-refractivity contribution in [2.45, 2.75) is 13.8 Å². The highest BCUT2D eigenvalue weighted by molar-refractivity contribution is 6.17. The van der Waals surface area contributed by atoms with Crippen LogP contribution in [0.2, 0.25) is 0 Å². The van der Waals surface area contributed by atoms with E-state index in [2.05, 4.69) is 10.3 Å². The van der Waals surface area contributed by atoms with Crippen LogP contribution in [0.3, 0.4) is 0 Å². The first-order valence-corrected chi connectivity index (χ1v) is 7.74. The third kappa shape index (κ3) is 2.76. The predicted molar refractivity (Wildman–Crippen MR) is 93.8 cm³/mol. The molecule has 0 saturated heterocycles. The van der Waals surface area contributed by atoms with Gasteiger partial charge in [-0.2, -0.15) is 0 Å². The Morgan fingerprint density at radius 3 is 2.67 bits per heavy atom. The summed E-state index contributed by atoms with van der Waals surface area (Å²) in [5.41, 5.74) is 3.75. The summed E-state index contributed by atoms with van der Waals surface area (Å²) >= 11 is 0. The van der Waals surface area contributed by atoms with Crippen LogP contribution >= 0.6 is 0 Å². The maximum Gasteiger partial charge on any atom is 0.259 e. The summed E-state index contributed by atoms with van der Waals surface area (Å²) in [6, 6.07) is 7.19. The van der Waals surface area contributed by atoms with Gasteiger partial charge in [-0.3, -0.25) is 14.5 Å². The van der Waals surface area contributed by atoms with Crippen LogP contribution in [0.15, 0.2) is 30.5 Å². The lowest BCUT2D eigenvalue weighted by Gasteiger charge is -2.25. The van der Waals surface area contributed by atoms with E-state index in [1.165, 1.54) is 4.90 Å². The molecule has 0 atom stereocenters. The molecule has 1 aromatic carbocycles. The summed E-state index contributed by atoms with van der Waals surface area (Å²) in [4.78, 5) is 33.1. The molecule has 3 rings (SSSR count). The molecule has 124 valence electrons. The van der Waals surface area contributed by atoms with Crippen LogP contribution in [-0.2, 0) is 4.79 Å². The molecule has 0 aliphatic carbocycles. The molecule has 1 N–H and O–H groups in total. The Morgan fingerprint density at radius 1 is 1.25 bits per heavy atom. The molecule has 1 aliphatic rings. The van der Waals surface area contributed by atoms with Crippen LogP contribution < -0.4 is 10.2 Å². The number of benzene rings is 1. The van der Waals surface area contributed by atoms with E-state index in [1.807, 2.05) is 40.1 Å². The molecule has 2 heterocycles. The molecule has 2 aromatic rings. The first-order chi connectivity index (χ1) is 11.4. The minimum absolute atomic E-state index is 0.138. The Hall–Kier alpha value is -2.73. The maximum atomic E-state index is 12.9. The molecule has 0 saturated carbocycles. The number of amides is 2. The molecular formula is C18H20N4O2. The lowest BCUT2D eigenvalue weighted by molar-refractivity contribution is -0.118. The summed E-state index contributed by atoms with van der Waals surface area (Å²) in [6.45, 7) is 4.18. The van der Waals surface area contributed by atoms with Crippen LogP contribution in [0.25, 0.3) is 0 Å². The third-order valence-electron chi connectivity index (χ3n) is 4.05. The topological polar surface area (TPSA) is 65.5 Å². The summed E-state index contributed by atoms with van der Waals surface area (Å²) in [6.07, 6.45) is 1.59. The van der Waals surface area contributed by atoms with Gasteiger partial charge in [0.05, 0.1) is 23.5 Å². The quantitative estimate of drug-likeness (QED) is 0.922. The van der Waals surface area contributed by atoms with E-state index < -0.39 is 0 Å². The van der Waals surface area contributed by atoms with Gasteiger partial charge in [-0.25, -0.2) is 4.98 Å². The Labute approximate surface area is 141 Å². The molecule has 0 unspecified atom stereocenters. The van der Waals surface area contributed by atoms with E-state index in [-0.39, 0.29) is 18.4 Å². The van der Waals surface area contributed by atoms with E-state index in [0.717, 1.165) is 11.1 Å². The Bertz CT molecular complexity index is 830. The number of hydrogen-bond acceptors (Lipinski definition) is 4. The van der Waals surface area contributed by atoms with Crippen LogP contribution in [-0.4, -0.2) is 42.3 Å². The van der Waals surface area contributed by atoms with Crippen molar-refractivity contribution in [1.82, 2.24) is 9.88 Å². The number of nitrogens with one attached hydrogen (secondary N) is 1. The predicted octanol–water partition coefficient (Wildman–Crippen LogP) is 2.49.